The number of amides is 2. The molecule has 0 aliphatic carbocycles. The minimum Gasteiger partial charge on any atom is -0.493 e. The van der Waals surface area contributed by atoms with Crippen LogP contribution < -0.4 is 16.4 Å². The molecule has 0 radical (unpaired) electrons. The second-order valence-electron chi connectivity index (χ2n) is 7.49. The number of carbonyl (C=O) groups excluding carboxylic acids is 3. The summed E-state index contributed by atoms with van der Waals surface area (Å²) in [6.07, 6.45) is -4.49. The van der Waals surface area contributed by atoms with Gasteiger partial charge in [0.1, 0.15) is 0 Å². The van der Waals surface area contributed by atoms with Gasteiger partial charge in [-0.3, -0.25) is 14.4 Å². The highest BCUT2D eigenvalue weighted by molar-refractivity contribution is 5.86. The van der Waals surface area contributed by atoms with Crippen LogP contribution in [0.4, 0.5) is 13.2 Å². The molecule has 0 fully saturated rings. The number of aliphatic carboxylic acids is 1. The van der Waals surface area contributed by atoms with Crippen LogP contribution >= 0.6 is 0 Å². The van der Waals surface area contributed by atoms with E-state index in [1.165, 1.54) is 20.2 Å². The molecule has 0 bridgehead atoms. The van der Waals surface area contributed by atoms with Crippen LogP contribution in [0.5, 0.6) is 5.88 Å². The Bertz CT molecular complexity index is 850. The van der Waals surface area contributed by atoms with Crippen molar-refractivity contribution in [2.45, 2.75) is 58.0 Å². The zero-order valence-electron chi connectivity index (χ0n) is 19.0. The standard InChI is InChI=1S/C18H28N4O5.C2HF3O2/c1-10(2)8-13(19)17(25)22-14(9-12-6-5-7-21-16(12)24)15(18(26)20-4)27-11(3)23;3-2(4,5)1(6)7/h5-7,10,13-15H,8-9,19H2,1-4H3,(H,20,26)(H,21,24)(H,22,25);(H,6,7)/t13-,14-,15?;/m0./s1. The van der Waals surface area contributed by atoms with Gasteiger partial charge in [0.05, 0.1) is 12.1 Å². The minimum absolute atomic E-state index is 0.0190. The quantitative estimate of drug-likeness (QED) is 0.305. The van der Waals surface area contributed by atoms with E-state index in [1.807, 2.05) is 13.8 Å². The van der Waals surface area contributed by atoms with Crippen LogP contribution in [0.25, 0.3) is 0 Å². The molecule has 0 aliphatic rings. The SMILES string of the molecule is CNC(=O)C(OC(C)=O)[C@H](Cc1cccnc1O)NC(=O)[C@@H](N)CC(C)C.O=C(O)C(F)(F)F. The first-order valence-electron chi connectivity index (χ1n) is 9.97. The highest BCUT2D eigenvalue weighted by Crippen LogP contribution is 2.17. The number of hydrogen-bond donors (Lipinski definition) is 5. The predicted octanol–water partition coefficient (Wildman–Crippen LogP) is 0.499. The third-order valence-electron chi connectivity index (χ3n) is 4.10. The van der Waals surface area contributed by atoms with Gasteiger partial charge < -0.3 is 31.3 Å². The van der Waals surface area contributed by atoms with Crippen LogP contribution in [-0.2, 0) is 30.3 Å². The molecule has 34 heavy (non-hydrogen) atoms. The van der Waals surface area contributed by atoms with E-state index in [0.717, 1.165) is 0 Å². The van der Waals surface area contributed by atoms with E-state index < -0.39 is 48.1 Å². The topological polar surface area (TPSA) is 181 Å². The largest absolute Gasteiger partial charge is 0.493 e. The number of alkyl halides is 3. The maximum Gasteiger partial charge on any atom is 0.490 e. The normalized spacial score (nSPS) is 13.6. The number of carboxylic acid groups (broad SMARTS) is 1. The summed E-state index contributed by atoms with van der Waals surface area (Å²) in [5, 5.41) is 22.1. The first-order valence-corrected chi connectivity index (χ1v) is 9.97. The number of esters is 1. The Labute approximate surface area is 193 Å². The Kier molecular flexibility index (Phi) is 12.6. The minimum atomic E-state index is -5.08. The van der Waals surface area contributed by atoms with Gasteiger partial charge in [-0.05, 0) is 18.4 Å². The van der Waals surface area contributed by atoms with E-state index >= 15 is 0 Å². The number of carboxylic acids is 1. The van der Waals surface area contributed by atoms with Crippen molar-refractivity contribution in [3.8, 4) is 5.88 Å². The number of halogens is 3. The monoisotopic (exact) mass is 494 g/mol. The second-order valence-corrected chi connectivity index (χ2v) is 7.49. The summed E-state index contributed by atoms with van der Waals surface area (Å²) in [4.78, 5) is 48.9. The molecule has 0 aromatic carbocycles. The second kappa shape index (κ2) is 14.0. The maximum absolute atomic E-state index is 12.5. The number of nitrogens with two attached hydrogens (primary N) is 1. The molecule has 11 nitrogen and oxygen atoms in total. The van der Waals surface area contributed by atoms with E-state index in [1.54, 1.807) is 12.1 Å². The molecule has 0 saturated heterocycles. The first-order chi connectivity index (χ1) is 15.6. The van der Waals surface area contributed by atoms with Crippen molar-refractivity contribution in [2.24, 2.45) is 11.7 Å². The lowest BCUT2D eigenvalue weighted by molar-refractivity contribution is -0.192. The molecule has 1 aromatic rings. The summed E-state index contributed by atoms with van der Waals surface area (Å²) >= 11 is 0. The molecule has 3 atom stereocenters. The summed E-state index contributed by atoms with van der Waals surface area (Å²) in [7, 11) is 1.39. The maximum atomic E-state index is 12.5. The van der Waals surface area contributed by atoms with Crippen molar-refractivity contribution in [3.63, 3.8) is 0 Å². The van der Waals surface area contributed by atoms with Gasteiger partial charge in [0.25, 0.3) is 5.91 Å². The summed E-state index contributed by atoms with van der Waals surface area (Å²) in [5.41, 5.74) is 6.31. The lowest BCUT2D eigenvalue weighted by Crippen LogP contribution is -2.56. The van der Waals surface area contributed by atoms with Crippen molar-refractivity contribution in [2.75, 3.05) is 7.05 Å². The molecule has 1 unspecified atom stereocenters. The fraction of sp³-hybridized carbons (Fsp3) is 0.550. The highest BCUT2D eigenvalue weighted by Gasteiger charge is 2.38. The van der Waals surface area contributed by atoms with Gasteiger partial charge in [-0.15, -0.1) is 0 Å². The molecule has 2 amide bonds. The lowest BCUT2D eigenvalue weighted by Gasteiger charge is -2.28. The van der Waals surface area contributed by atoms with Gasteiger partial charge in [0.2, 0.25) is 11.8 Å². The van der Waals surface area contributed by atoms with Crippen LogP contribution in [-0.4, -0.2) is 70.4 Å². The predicted molar refractivity (Wildman–Crippen MR) is 112 cm³/mol. The first kappa shape index (κ1) is 30.6. The van der Waals surface area contributed by atoms with Crippen molar-refractivity contribution >= 4 is 23.8 Å². The van der Waals surface area contributed by atoms with Gasteiger partial charge in [-0.25, -0.2) is 9.78 Å². The summed E-state index contributed by atoms with van der Waals surface area (Å²) in [6.45, 7) is 5.04. The average molecular weight is 494 g/mol. The Morgan fingerprint density at radius 2 is 1.76 bits per heavy atom. The third-order valence-corrected chi connectivity index (χ3v) is 4.10. The molecule has 192 valence electrons. The van der Waals surface area contributed by atoms with Gasteiger partial charge in [-0.2, -0.15) is 13.2 Å². The summed E-state index contributed by atoms with van der Waals surface area (Å²) in [5.74, 6) is -4.52. The molecule has 1 heterocycles. The van der Waals surface area contributed by atoms with E-state index in [4.69, 9.17) is 20.4 Å². The molecule has 14 heteroatoms. The zero-order chi connectivity index (χ0) is 26.6. The lowest BCUT2D eigenvalue weighted by atomic mass is 9.99. The van der Waals surface area contributed by atoms with Crippen molar-refractivity contribution in [1.29, 1.82) is 0 Å². The van der Waals surface area contributed by atoms with Gasteiger partial charge >= 0.3 is 18.1 Å². The zero-order valence-corrected chi connectivity index (χ0v) is 19.0. The van der Waals surface area contributed by atoms with Crippen LogP contribution in [0.15, 0.2) is 18.3 Å². The average Bonchev–Trinajstić information content (AvgIpc) is 2.71. The highest BCUT2D eigenvalue weighted by atomic mass is 19.4. The van der Waals surface area contributed by atoms with E-state index in [2.05, 4.69) is 15.6 Å². The fourth-order valence-corrected chi connectivity index (χ4v) is 2.60. The molecule has 1 rings (SSSR count). The molecule has 0 saturated carbocycles. The van der Waals surface area contributed by atoms with Crippen molar-refractivity contribution in [1.82, 2.24) is 15.6 Å². The fourth-order valence-electron chi connectivity index (χ4n) is 2.60. The van der Waals surface area contributed by atoms with E-state index in [9.17, 15) is 32.7 Å². The number of likely N-dealkylation sites (N-methyl/N-ethyl adjacent to an activating group) is 1. The molecular formula is C20H29F3N4O7. The Morgan fingerprint density at radius 3 is 2.18 bits per heavy atom. The van der Waals surface area contributed by atoms with Crippen LogP contribution in [0, 0.1) is 5.92 Å². The van der Waals surface area contributed by atoms with Crippen LogP contribution in [0.1, 0.15) is 32.8 Å². The number of pyridine rings is 1. The molecule has 0 spiro atoms. The van der Waals surface area contributed by atoms with Crippen LogP contribution in [0.3, 0.4) is 0 Å². The molecular weight excluding hydrogens is 465 g/mol. The number of aromatic nitrogens is 1. The Hall–Kier alpha value is -3.42. The van der Waals surface area contributed by atoms with E-state index in [-0.39, 0.29) is 18.2 Å². The third kappa shape index (κ3) is 11.4. The molecule has 6 N–H and O–H groups in total. The Morgan fingerprint density at radius 1 is 1.21 bits per heavy atom. The van der Waals surface area contributed by atoms with Gasteiger partial charge in [0.15, 0.2) is 6.10 Å². The number of ether oxygens (including phenoxy) is 1. The van der Waals surface area contributed by atoms with Gasteiger partial charge in [-0.1, -0.05) is 19.9 Å². The number of aromatic hydroxyl groups is 1. The Balaban J connectivity index is 0.00000135. The summed E-state index contributed by atoms with van der Waals surface area (Å²) in [6, 6.07) is 1.50. The number of nitrogens with one attached hydrogen (secondary N) is 2. The molecule has 1 aromatic heterocycles. The van der Waals surface area contributed by atoms with Crippen LogP contribution in [0.2, 0.25) is 0 Å². The summed E-state index contributed by atoms with van der Waals surface area (Å²) < 4.78 is 36.9. The van der Waals surface area contributed by atoms with E-state index in [0.29, 0.717) is 12.0 Å². The van der Waals surface area contributed by atoms with Crippen molar-refractivity contribution in [3.05, 3.63) is 23.9 Å². The van der Waals surface area contributed by atoms with Gasteiger partial charge in [0, 0.05) is 32.2 Å². The number of rotatable bonds is 9. The number of hydrogen-bond acceptors (Lipinski definition) is 8. The number of nitrogens with zero attached hydrogens (tertiary/aromatic N) is 1. The van der Waals surface area contributed by atoms with Crippen molar-refractivity contribution < 1.29 is 47.3 Å². The smallest absolute Gasteiger partial charge is 0.490 e. The molecule has 0 aliphatic heterocycles. The number of carbonyl (C=O) groups is 4.